The van der Waals surface area contributed by atoms with E-state index in [4.69, 9.17) is 18.9 Å². The molecule has 0 amide bonds. The van der Waals surface area contributed by atoms with Crippen LogP contribution in [-0.4, -0.2) is 46.4 Å². The molecule has 3 aliphatic heterocycles. The molecule has 2 aromatic carbocycles. The third-order valence-electron chi connectivity index (χ3n) is 9.05. The number of unbranched alkanes of at least 4 members (excludes halogenated alkanes) is 5. The van der Waals surface area contributed by atoms with E-state index in [0.717, 1.165) is 59.7 Å². The lowest BCUT2D eigenvalue weighted by molar-refractivity contribution is -0.389. The SMILES string of the molecule is CCCCCCCCOc1c(OC)cc(/C=C(\C#N)n2cc([N+](=O)[O-])nc2C)c2c1CN1CCc3cc4c(cc3C1C2)OCO4. The number of methoxy groups -OCH3 is 1. The van der Waals surface area contributed by atoms with Gasteiger partial charge in [-0.2, -0.15) is 5.26 Å². The van der Waals surface area contributed by atoms with Crippen molar-refractivity contribution in [3.8, 4) is 29.1 Å². The first-order valence-corrected chi connectivity index (χ1v) is 15.8. The smallest absolute Gasteiger partial charge is 0.382 e. The van der Waals surface area contributed by atoms with Gasteiger partial charge in [-0.1, -0.05) is 39.0 Å². The maximum absolute atomic E-state index is 11.4. The van der Waals surface area contributed by atoms with Crippen molar-refractivity contribution in [1.82, 2.24) is 14.5 Å². The van der Waals surface area contributed by atoms with Crippen LogP contribution in [0.25, 0.3) is 11.8 Å². The number of nitro groups is 1. The number of nitriles is 1. The summed E-state index contributed by atoms with van der Waals surface area (Å²) < 4.78 is 25.3. The number of nitrogens with zero attached hydrogens (tertiary/aromatic N) is 5. The summed E-state index contributed by atoms with van der Waals surface area (Å²) in [6.07, 6.45) is 11.7. The van der Waals surface area contributed by atoms with Crippen LogP contribution < -0.4 is 18.9 Å². The van der Waals surface area contributed by atoms with Crippen molar-refractivity contribution in [2.75, 3.05) is 27.1 Å². The van der Waals surface area contributed by atoms with Crippen molar-refractivity contribution < 1.29 is 23.9 Å². The zero-order valence-corrected chi connectivity index (χ0v) is 26.1. The largest absolute Gasteiger partial charge is 0.493 e. The van der Waals surface area contributed by atoms with Crippen molar-refractivity contribution in [3.63, 3.8) is 0 Å². The van der Waals surface area contributed by atoms with Crippen LogP contribution in [-0.2, 0) is 19.4 Å². The molecule has 6 rings (SSSR count). The molecule has 0 saturated heterocycles. The topological polar surface area (TPSA) is 125 Å². The minimum atomic E-state index is -0.556. The highest BCUT2D eigenvalue weighted by Crippen LogP contribution is 2.48. The quantitative estimate of drug-likeness (QED) is 0.0943. The predicted molar refractivity (Wildman–Crippen MR) is 168 cm³/mol. The molecule has 0 spiro atoms. The van der Waals surface area contributed by atoms with E-state index in [1.807, 2.05) is 6.07 Å². The molecule has 236 valence electrons. The van der Waals surface area contributed by atoms with Crippen LogP contribution in [0.3, 0.4) is 0 Å². The molecule has 0 saturated carbocycles. The molecular formula is C34H39N5O6. The number of imidazole rings is 1. The van der Waals surface area contributed by atoms with Gasteiger partial charge in [0.15, 0.2) is 23.0 Å². The van der Waals surface area contributed by atoms with E-state index in [0.29, 0.717) is 31.1 Å². The van der Waals surface area contributed by atoms with Gasteiger partial charge in [0.2, 0.25) is 12.6 Å². The first-order valence-electron chi connectivity index (χ1n) is 15.8. The van der Waals surface area contributed by atoms with Crippen LogP contribution in [0.5, 0.6) is 23.0 Å². The number of aromatic nitrogens is 2. The number of ether oxygens (including phenoxy) is 4. The summed E-state index contributed by atoms with van der Waals surface area (Å²) in [5, 5.41) is 21.6. The molecular weight excluding hydrogens is 574 g/mol. The molecule has 11 nitrogen and oxygen atoms in total. The molecule has 0 fully saturated rings. The summed E-state index contributed by atoms with van der Waals surface area (Å²) in [6.45, 7) is 6.24. The fourth-order valence-corrected chi connectivity index (χ4v) is 6.72. The minimum absolute atomic E-state index is 0.101. The summed E-state index contributed by atoms with van der Waals surface area (Å²) in [4.78, 5) is 17.4. The molecule has 4 heterocycles. The van der Waals surface area contributed by atoms with Gasteiger partial charge in [-0.05, 0) is 75.7 Å². The normalized spacial score (nSPS) is 16.8. The van der Waals surface area contributed by atoms with Crippen molar-refractivity contribution in [2.24, 2.45) is 0 Å². The molecule has 0 radical (unpaired) electrons. The summed E-state index contributed by atoms with van der Waals surface area (Å²) in [5.41, 5.74) is 5.64. The second-order valence-corrected chi connectivity index (χ2v) is 11.8. The van der Waals surface area contributed by atoms with E-state index in [-0.39, 0.29) is 24.3 Å². The van der Waals surface area contributed by atoms with Crippen molar-refractivity contribution >= 4 is 17.6 Å². The van der Waals surface area contributed by atoms with E-state index >= 15 is 0 Å². The molecule has 45 heavy (non-hydrogen) atoms. The van der Waals surface area contributed by atoms with E-state index in [9.17, 15) is 15.4 Å². The first-order chi connectivity index (χ1) is 21.9. The van der Waals surface area contributed by atoms with Gasteiger partial charge in [0, 0.05) is 31.6 Å². The molecule has 0 bridgehead atoms. The Hall–Kier alpha value is -4.56. The van der Waals surface area contributed by atoms with Crippen LogP contribution >= 0.6 is 0 Å². The van der Waals surface area contributed by atoms with Crippen molar-refractivity contribution in [2.45, 2.75) is 77.8 Å². The summed E-state index contributed by atoms with van der Waals surface area (Å²) >= 11 is 0. The summed E-state index contributed by atoms with van der Waals surface area (Å²) in [5.74, 6) is 2.97. The van der Waals surface area contributed by atoms with Crippen LogP contribution in [0.15, 0.2) is 24.4 Å². The van der Waals surface area contributed by atoms with E-state index < -0.39 is 4.92 Å². The predicted octanol–water partition coefficient (Wildman–Crippen LogP) is 6.75. The van der Waals surface area contributed by atoms with Crippen LogP contribution in [0, 0.1) is 28.4 Å². The fourth-order valence-electron chi connectivity index (χ4n) is 6.72. The molecule has 1 atom stereocenters. The average molecular weight is 614 g/mol. The monoisotopic (exact) mass is 613 g/mol. The van der Waals surface area contributed by atoms with Gasteiger partial charge in [0.05, 0.1) is 13.7 Å². The van der Waals surface area contributed by atoms with E-state index in [2.05, 4.69) is 35.0 Å². The van der Waals surface area contributed by atoms with Crippen molar-refractivity contribution in [3.05, 3.63) is 68.2 Å². The van der Waals surface area contributed by atoms with Gasteiger partial charge in [-0.15, -0.1) is 0 Å². The second-order valence-electron chi connectivity index (χ2n) is 11.8. The van der Waals surface area contributed by atoms with Crippen LogP contribution in [0.2, 0.25) is 0 Å². The Bertz CT molecular complexity index is 1670. The van der Waals surface area contributed by atoms with E-state index in [1.54, 1.807) is 20.1 Å². The van der Waals surface area contributed by atoms with Gasteiger partial charge in [0.1, 0.15) is 18.0 Å². The average Bonchev–Trinajstić information content (AvgIpc) is 3.67. The minimum Gasteiger partial charge on any atom is -0.493 e. The Balaban J connectivity index is 1.40. The highest BCUT2D eigenvalue weighted by Gasteiger charge is 2.37. The van der Waals surface area contributed by atoms with Gasteiger partial charge < -0.3 is 29.1 Å². The summed E-state index contributed by atoms with van der Waals surface area (Å²) in [7, 11) is 1.63. The first kappa shape index (κ1) is 30.5. The lowest BCUT2D eigenvalue weighted by Gasteiger charge is -2.42. The number of aryl methyl sites for hydroxylation is 1. The number of allylic oxidation sites excluding steroid dienone is 1. The Labute approximate surface area is 263 Å². The molecule has 0 aliphatic carbocycles. The molecule has 3 aliphatic rings. The molecule has 1 aromatic heterocycles. The number of benzene rings is 2. The lowest BCUT2D eigenvalue weighted by Crippen LogP contribution is -2.39. The molecule has 1 unspecified atom stereocenters. The van der Waals surface area contributed by atoms with Gasteiger partial charge in [0.25, 0.3) is 0 Å². The number of rotatable bonds is 12. The van der Waals surface area contributed by atoms with Crippen LogP contribution in [0.1, 0.15) is 85.1 Å². The molecule has 0 N–H and O–H groups in total. The highest BCUT2D eigenvalue weighted by molar-refractivity contribution is 5.82. The van der Waals surface area contributed by atoms with Crippen LogP contribution in [0.4, 0.5) is 5.82 Å². The maximum Gasteiger partial charge on any atom is 0.382 e. The Kier molecular flexibility index (Phi) is 8.94. The fraction of sp³-hybridized carbons (Fsp3) is 0.471. The third kappa shape index (κ3) is 6.07. The van der Waals surface area contributed by atoms with E-state index in [1.165, 1.54) is 47.6 Å². The number of fused-ring (bicyclic) bond motifs is 5. The van der Waals surface area contributed by atoms with Gasteiger partial charge in [-0.3, -0.25) is 9.47 Å². The lowest BCUT2D eigenvalue weighted by atomic mass is 9.81. The molecule has 11 heteroatoms. The second kappa shape index (κ2) is 13.2. The third-order valence-corrected chi connectivity index (χ3v) is 9.05. The molecule has 3 aromatic rings. The summed E-state index contributed by atoms with van der Waals surface area (Å²) in [6, 6.07) is 8.48. The Morgan fingerprint density at radius 2 is 1.96 bits per heavy atom. The number of hydrogen-bond acceptors (Lipinski definition) is 9. The maximum atomic E-state index is 11.4. The Morgan fingerprint density at radius 3 is 2.69 bits per heavy atom. The number of hydrogen-bond donors (Lipinski definition) is 0. The standard InChI is InChI=1S/C34H39N5O6/c1-4-5-6-7-8-9-12-43-34-28-19-37-11-10-23-14-30-31(45-21-44-30)17-27(23)29(37)16-26(28)24(15-32(34)42-3)13-25(18-35)38-20-33(39(40)41)36-22(38)2/h13-15,17,20,29H,4-12,16,19,21H2,1-3H3/b25-13+. The highest BCUT2D eigenvalue weighted by atomic mass is 16.7. The zero-order chi connectivity index (χ0) is 31.5. The van der Waals surface area contributed by atoms with Gasteiger partial charge >= 0.3 is 5.82 Å². The van der Waals surface area contributed by atoms with Gasteiger partial charge in [-0.25, -0.2) is 0 Å². The zero-order valence-electron chi connectivity index (χ0n) is 26.1. The van der Waals surface area contributed by atoms with Crippen molar-refractivity contribution in [1.29, 1.82) is 5.26 Å². The Morgan fingerprint density at radius 1 is 1.18 bits per heavy atom.